The predicted octanol–water partition coefficient (Wildman–Crippen LogP) is 3.07. The van der Waals surface area contributed by atoms with E-state index < -0.39 is 5.82 Å². The molecule has 19 heavy (non-hydrogen) atoms. The number of aryl methyl sites for hydroxylation is 1. The minimum absolute atomic E-state index is 0.126. The molecular weight excluding hydrogens is 269 g/mol. The summed E-state index contributed by atoms with van der Waals surface area (Å²) in [5.41, 5.74) is 0.162. The third-order valence-electron chi connectivity index (χ3n) is 2.64. The van der Waals surface area contributed by atoms with Crippen molar-refractivity contribution in [3.63, 3.8) is 0 Å². The van der Waals surface area contributed by atoms with Crippen molar-refractivity contribution in [1.82, 2.24) is 15.5 Å². The maximum Gasteiger partial charge on any atom is 0.252 e. The molecule has 1 heterocycles. The molecule has 0 atom stereocenters. The van der Waals surface area contributed by atoms with Crippen molar-refractivity contribution in [3.8, 4) is 11.5 Å². The smallest absolute Gasteiger partial charge is 0.252 e. The van der Waals surface area contributed by atoms with E-state index in [4.69, 9.17) is 16.0 Å². The fraction of sp³-hybridized carbons (Fsp3) is 0.385. The predicted molar refractivity (Wildman–Crippen MR) is 71.6 cm³/mol. The molecule has 1 aromatic carbocycles. The number of benzene rings is 1. The Labute approximate surface area is 116 Å². The van der Waals surface area contributed by atoms with Crippen molar-refractivity contribution >= 4 is 11.6 Å². The van der Waals surface area contributed by atoms with Gasteiger partial charge < -0.3 is 9.73 Å². The number of hydrogen-bond acceptors (Lipinski definition) is 4. The Balaban J connectivity index is 2.08. The van der Waals surface area contributed by atoms with Gasteiger partial charge in [-0.15, -0.1) is 10.2 Å². The molecule has 0 saturated carbocycles. The first-order valence-corrected chi connectivity index (χ1v) is 6.57. The highest BCUT2D eigenvalue weighted by Crippen LogP contribution is 2.29. The van der Waals surface area contributed by atoms with E-state index in [0.717, 1.165) is 19.5 Å². The van der Waals surface area contributed by atoms with E-state index in [1.165, 1.54) is 12.1 Å². The van der Waals surface area contributed by atoms with Gasteiger partial charge in [-0.2, -0.15) is 0 Å². The van der Waals surface area contributed by atoms with E-state index in [2.05, 4.69) is 15.5 Å². The monoisotopic (exact) mass is 283 g/mol. The topological polar surface area (TPSA) is 51.0 Å². The zero-order chi connectivity index (χ0) is 13.7. The molecule has 0 saturated heterocycles. The summed E-state index contributed by atoms with van der Waals surface area (Å²) < 4.78 is 19.1. The summed E-state index contributed by atoms with van der Waals surface area (Å²) in [6.07, 6.45) is 1.55. The highest BCUT2D eigenvalue weighted by molar-refractivity contribution is 6.33. The molecule has 0 bridgehead atoms. The van der Waals surface area contributed by atoms with E-state index in [1.807, 2.05) is 6.92 Å². The summed E-state index contributed by atoms with van der Waals surface area (Å²) in [5.74, 6) is 0.157. The van der Waals surface area contributed by atoms with E-state index in [0.29, 0.717) is 12.3 Å². The molecular formula is C13H15ClFN3O. The first-order chi connectivity index (χ1) is 9.22. The molecule has 0 amide bonds. The molecule has 0 aliphatic carbocycles. The van der Waals surface area contributed by atoms with Crippen LogP contribution in [0.15, 0.2) is 22.6 Å². The second-order valence-corrected chi connectivity index (χ2v) is 4.46. The third kappa shape index (κ3) is 3.52. The average molecular weight is 284 g/mol. The summed E-state index contributed by atoms with van der Waals surface area (Å²) in [4.78, 5) is 0. The molecule has 0 spiro atoms. The van der Waals surface area contributed by atoms with Gasteiger partial charge in [0.15, 0.2) is 0 Å². The molecule has 2 rings (SSSR count). The van der Waals surface area contributed by atoms with Gasteiger partial charge in [0.25, 0.3) is 5.89 Å². The van der Waals surface area contributed by atoms with Crippen LogP contribution in [0.4, 0.5) is 4.39 Å². The minimum atomic E-state index is -0.463. The lowest BCUT2D eigenvalue weighted by Crippen LogP contribution is -2.14. The van der Waals surface area contributed by atoms with E-state index in [1.54, 1.807) is 6.07 Å². The van der Waals surface area contributed by atoms with Crippen LogP contribution in [-0.2, 0) is 6.42 Å². The molecule has 0 unspecified atom stereocenters. The van der Waals surface area contributed by atoms with Crippen molar-refractivity contribution in [3.05, 3.63) is 34.9 Å². The molecule has 0 radical (unpaired) electrons. The molecule has 6 heteroatoms. The van der Waals surface area contributed by atoms with Crippen LogP contribution >= 0.6 is 11.6 Å². The van der Waals surface area contributed by atoms with Crippen LogP contribution in [0.3, 0.4) is 0 Å². The number of halogens is 2. The summed E-state index contributed by atoms with van der Waals surface area (Å²) in [6.45, 7) is 3.86. The zero-order valence-corrected chi connectivity index (χ0v) is 11.4. The van der Waals surface area contributed by atoms with Crippen LogP contribution in [0.1, 0.15) is 19.2 Å². The normalized spacial score (nSPS) is 10.9. The van der Waals surface area contributed by atoms with Crippen LogP contribution in [-0.4, -0.2) is 23.3 Å². The Bertz CT molecular complexity index is 524. The summed E-state index contributed by atoms with van der Waals surface area (Å²) in [6, 6.07) is 4.44. The van der Waals surface area contributed by atoms with Crippen LogP contribution in [0.25, 0.3) is 11.5 Å². The lowest BCUT2D eigenvalue weighted by molar-refractivity contribution is 0.489. The van der Waals surface area contributed by atoms with Gasteiger partial charge in [0.05, 0.1) is 10.6 Å². The van der Waals surface area contributed by atoms with E-state index in [-0.39, 0.29) is 16.5 Å². The summed E-state index contributed by atoms with van der Waals surface area (Å²) in [7, 11) is 0. The largest absolute Gasteiger partial charge is 0.421 e. The minimum Gasteiger partial charge on any atom is -0.421 e. The fourth-order valence-electron chi connectivity index (χ4n) is 1.70. The number of rotatable bonds is 6. The van der Waals surface area contributed by atoms with Crippen molar-refractivity contribution in [2.24, 2.45) is 0 Å². The van der Waals surface area contributed by atoms with Gasteiger partial charge in [0.2, 0.25) is 5.89 Å². The Morgan fingerprint density at radius 2 is 2.21 bits per heavy atom. The maximum absolute atomic E-state index is 13.7. The Morgan fingerprint density at radius 1 is 1.37 bits per heavy atom. The van der Waals surface area contributed by atoms with E-state index >= 15 is 0 Å². The summed E-state index contributed by atoms with van der Waals surface area (Å²) in [5, 5.41) is 11.2. The molecule has 0 fully saturated rings. The van der Waals surface area contributed by atoms with E-state index in [9.17, 15) is 4.39 Å². The molecule has 0 aliphatic heterocycles. The van der Waals surface area contributed by atoms with Crippen LogP contribution < -0.4 is 5.32 Å². The molecule has 1 N–H and O–H groups in total. The molecule has 1 aromatic heterocycles. The van der Waals surface area contributed by atoms with Gasteiger partial charge in [0.1, 0.15) is 5.82 Å². The Hall–Kier alpha value is -1.46. The maximum atomic E-state index is 13.7. The summed E-state index contributed by atoms with van der Waals surface area (Å²) >= 11 is 5.94. The van der Waals surface area contributed by atoms with Gasteiger partial charge in [0, 0.05) is 6.42 Å². The second kappa shape index (κ2) is 6.63. The number of aromatic nitrogens is 2. The first-order valence-electron chi connectivity index (χ1n) is 6.20. The quantitative estimate of drug-likeness (QED) is 0.828. The lowest BCUT2D eigenvalue weighted by atomic mass is 10.2. The van der Waals surface area contributed by atoms with Gasteiger partial charge in [-0.25, -0.2) is 4.39 Å². The van der Waals surface area contributed by atoms with Crippen molar-refractivity contribution in [1.29, 1.82) is 0 Å². The van der Waals surface area contributed by atoms with Gasteiger partial charge in [-0.3, -0.25) is 0 Å². The Morgan fingerprint density at radius 3 is 2.95 bits per heavy atom. The van der Waals surface area contributed by atoms with Crippen molar-refractivity contribution in [2.45, 2.75) is 19.8 Å². The molecule has 2 aromatic rings. The van der Waals surface area contributed by atoms with Crippen molar-refractivity contribution < 1.29 is 8.81 Å². The van der Waals surface area contributed by atoms with Crippen LogP contribution in [0.2, 0.25) is 5.02 Å². The molecule has 102 valence electrons. The van der Waals surface area contributed by atoms with Crippen molar-refractivity contribution in [2.75, 3.05) is 13.1 Å². The average Bonchev–Trinajstić information content (AvgIpc) is 2.83. The third-order valence-corrected chi connectivity index (χ3v) is 2.95. The number of nitrogens with one attached hydrogen (secondary N) is 1. The zero-order valence-electron chi connectivity index (χ0n) is 10.6. The Kier molecular flexibility index (Phi) is 4.87. The van der Waals surface area contributed by atoms with Gasteiger partial charge >= 0.3 is 0 Å². The van der Waals surface area contributed by atoms with Crippen LogP contribution in [0.5, 0.6) is 0 Å². The highest BCUT2D eigenvalue weighted by Gasteiger charge is 2.16. The first kappa shape index (κ1) is 14.0. The number of nitrogens with zero attached hydrogens (tertiary/aromatic N) is 2. The lowest BCUT2D eigenvalue weighted by Gasteiger charge is -2.00. The SMILES string of the molecule is CCNCCCc1nnc(-c2c(F)cccc2Cl)o1. The van der Waals surface area contributed by atoms with Gasteiger partial charge in [-0.1, -0.05) is 24.6 Å². The fourth-order valence-corrected chi connectivity index (χ4v) is 1.94. The second-order valence-electron chi connectivity index (χ2n) is 4.05. The molecule has 0 aliphatic rings. The van der Waals surface area contributed by atoms with Crippen LogP contribution in [0, 0.1) is 5.82 Å². The molecule has 4 nitrogen and oxygen atoms in total. The highest BCUT2D eigenvalue weighted by atomic mass is 35.5. The van der Waals surface area contributed by atoms with Gasteiger partial charge in [-0.05, 0) is 31.6 Å². The standard InChI is InChI=1S/C13H15ClFN3O/c1-2-16-8-4-7-11-17-18-13(19-11)12-9(14)5-3-6-10(12)15/h3,5-6,16H,2,4,7-8H2,1H3. The number of hydrogen-bond donors (Lipinski definition) is 1.